The standard InChI is InChI=1S/C17H24N2O/c1-12-5-3-4-6-16(12)14-7-8-19(11-14)17(20)13(2)15-9-18-10-15/h3-6,13-15,18H,7-11H2,1-2H3. The van der Waals surface area contributed by atoms with Crippen LogP contribution < -0.4 is 5.32 Å². The SMILES string of the molecule is Cc1ccccc1C1CCN(C(=O)C(C)C2CNC2)C1. The van der Waals surface area contributed by atoms with Crippen LogP contribution in [0.3, 0.4) is 0 Å². The molecule has 1 amide bonds. The number of nitrogens with zero attached hydrogens (tertiary/aromatic N) is 1. The molecule has 2 fully saturated rings. The van der Waals surface area contributed by atoms with Gasteiger partial charge < -0.3 is 10.2 Å². The van der Waals surface area contributed by atoms with Gasteiger partial charge in [-0.15, -0.1) is 0 Å². The van der Waals surface area contributed by atoms with Crippen LogP contribution in [0.2, 0.25) is 0 Å². The van der Waals surface area contributed by atoms with Crippen LogP contribution in [0.25, 0.3) is 0 Å². The minimum atomic E-state index is 0.173. The molecule has 2 aliphatic heterocycles. The van der Waals surface area contributed by atoms with Crippen molar-refractivity contribution in [1.29, 1.82) is 0 Å². The molecule has 108 valence electrons. The summed E-state index contributed by atoms with van der Waals surface area (Å²) in [5.41, 5.74) is 2.77. The number of benzene rings is 1. The Morgan fingerprint density at radius 2 is 2.10 bits per heavy atom. The van der Waals surface area contributed by atoms with E-state index < -0.39 is 0 Å². The maximum Gasteiger partial charge on any atom is 0.225 e. The summed E-state index contributed by atoms with van der Waals surface area (Å²) in [5.74, 6) is 1.59. The third-order valence-corrected chi connectivity index (χ3v) is 5.04. The zero-order valence-corrected chi connectivity index (χ0v) is 12.4. The van der Waals surface area contributed by atoms with Crippen LogP contribution in [-0.2, 0) is 4.79 Å². The summed E-state index contributed by atoms with van der Waals surface area (Å²) in [7, 11) is 0. The van der Waals surface area contributed by atoms with Gasteiger partial charge in [-0.3, -0.25) is 4.79 Å². The van der Waals surface area contributed by atoms with E-state index in [0.29, 0.717) is 17.7 Å². The largest absolute Gasteiger partial charge is 0.342 e. The van der Waals surface area contributed by atoms with E-state index in [9.17, 15) is 4.79 Å². The number of amides is 1. The molecule has 2 unspecified atom stereocenters. The van der Waals surface area contributed by atoms with E-state index >= 15 is 0 Å². The molecule has 2 aliphatic rings. The van der Waals surface area contributed by atoms with E-state index in [4.69, 9.17) is 0 Å². The maximum absolute atomic E-state index is 12.5. The van der Waals surface area contributed by atoms with Crippen molar-refractivity contribution in [2.75, 3.05) is 26.2 Å². The smallest absolute Gasteiger partial charge is 0.225 e. The zero-order chi connectivity index (χ0) is 14.1. The Labute approximate surface area is 121 Å². The van der Waals surface area contributed by atoms with Gasteiger partial charge in [0.15, 0.2) is 0 Å². The highest BCUT2D eigenvalue weighted by molar-refractivity contribution is 5.79. The molecule has 0 radical (unpaired) electrons. The molecule has 0 saturated carbocycles. The highest BCUT2D eigenvalue weighted by atomic mass is 16.2. The van der Waals surface area contributed by atoms with Crippen molar-refractivity contribution in [3.8, 4) is 0 Å². The second kappa shape index (κ2) is 5.57. The highest BCUT2D eigenvalue weighted by Crippen LogP contribution is 2.31. The van der Waals surface area contributed by atoms with Crippen molar-refractivity contribution in [2.45, 2.75) is 26.2 Å². The van der Waals surface area contributed by atoms with Gasteiger partial charge in [-0.05, 0) is 43.5 Å². The van der Waals surface area contributed by atoms with Crippen LogP contribution in [0.15, 0.2) is 24.3 Å². The average Bonchev–Trinajstić information content (AvgIpc) is 2.85. The van der Waals surface area contributed by atoms with Gasteiger partial charge >= 0.3 is 0 Å². The first-order valence-corrected chi connectivity index (χ1v) is 7.72. The van der Waals surface area contributed by atoms with Crippen molar-refractivity contribution in [3.63, 3.8) is 0 Å². The van der Waals surface area contributed by atoms with Crippen LogP contribution in [0.1, 0.15) is 30.4 Å². The van der Waals surface area contributed by atoms with Crippen LogP contribution in [0.4, 0.5) is 0 Å². The number of carbonyl (C=O) groups is 1. The molecule has 2 atom stereocenters. The summed E-state index contributed by atoms with van der Waals surface area (Å²) in [4.78, 5) is 14.6. The molecule has 0 aromatic heterocycles. The molecule has 1 aromatic rings. The average molecular weight is 272 g/mol. The first-order chi connectivity index (χ1) is 9.66. The van der Waals surface area contributed by atoms with E-state index in [-0.39, 0.29) is 5.92 Å². The number of likely N-dealkylation sites (tertiary alicyclic amines) is 1. The summed E-state index contributed by atoms with van der Waals surface area (Å²) in [6.07, 6.45) is 1.10. The van der Waals surface area contributed by atoms with E-state index in [2.05, 4.69) is 48.3 Å². The number of nitrogens with one attached hydrogen (secondary N) is 1. The first kappa shape index (κ1) is 13.6. The van der Waals surface area contributed by atoms with E-state index in [0.717, 1.165) is 32.6 Å². The molecule has 2 heterocycles. The molecule has 0 aliphatic carbocycles. The van der Waals surface area contributed by atoms with Crippen LogP contribution in [0.5, 0.6) is 0 Å². The fourth-order valence-corrected chi connectivity index (χ4v) is 3.41. The van der Waals surface area contributed by atoms with Gasteiger partial charge in [0.1, 0.15) is 0 Å². The number of hydrogen-bond acceptors (Lipinski definition) is 2. The second-order valence-electron chi connectivity index (χ2n) is 6.33. The van der Waals surface area contributed by atoms with E-state index in [1.54, 1.807) is 0 Å². The maximum atomic E-state index is 12.5. The van der Waals surface area contributed by atoms with Gasteiger partial charge in [0.2, 0.25) is 5.91 Å². The lowest BCUT2D eigenvalue weighted by molar-refractivity contribution is -0.136. The minimum Gasteiger partial charge on any atom is -0.342 e. The summed E-state index contributed by atoms with van der Waals surface area (Å²) < 4.78 is 0. The zero-order valence-electron chi connectivity index (χ0n) is 12.4. The molecule has 1 N–H and O–H groups in total. The number of carbonyl (C=O) groups excluding carboxylic acids is 1. The monoisotopic (exact) mass is 272 g/mol. The van der Waals surface area contributed by atoms with Gasteiger partial charge in [0.25, 0.3) is 0 Å². The lowest BCUT2D eigenvalue weighted by atomic mass is 9.88. The quantitative estimate of drug-likeness (QED) is 0.914. The molecule has 3 nitrogen and oxygen atoms in total. The van der Waals surface area contributed by atoms with Crippen molar-refractivity contribution in [2.24, 2.45) is 11.8 Å². The molecule has 2 saturated heterocycles. The molecule has 0 bridgehead atoms. The number of rotatable bonds is 3. The third-order valence-electron chi connectivity index (χ3n) is 5.04. The topological polar surface area (TPSA) is 32.3 Å². The normalized spacial score (nSPS) is 24.5. The summed E-state index contributed by atoms with van der Waals surface area (Å²) >= 11 is 0. The van der Waals surface area contributed by atoms with Gasteiger partial charge in [-0.1, -0.05) is 31.2 Å². The fourth-order valence-electron chi connectivity index (χ4n) is 3.41. The van der Waals surface area contributed by atoms with E-state index in [1.165, 1.54) is 11.1 Å². The predicted molar refractivity (Wildman–Crippen MR) is 80.6 cm³/mol. The van der Waals surface area contributed by atoms with Crippen molar-refractivity contribution in [1.82, 2.24) is 10.2 Å². The molecular formula is C17H24N2O. The Morgan fingerprint density at radius 3 is 2.75 bits per heavy atom. The summed E-state index contributed by atoms with van der Waals surface area (Å²) in [6, 6.07) is 8.58. The molecule has 1 aromatic carbocycles. The van der Waals surface area contributed by atoms with Gasteiger partial charge in [0, 0.05) is 24.9 Å². The number of aryl methyl sites for hydroxylation is 1. The summed E-state index contributed by atoms with van der Waals surface area (Å²) in [5, 5.41) is 3.26. The van der Waals surface area contributed by atoms with Crippen LogP contribution in [-0.4, -0.2) is 37.0 Å². The highest BCUT2D eigenvalue weighted by Gasteiger charge is 2.35. The molecule has 20 heavy (non-hydrogen) atoms. The third kappa shape index (κ3) is 2.47. The van der Waals surface area contributed by atoms with Crippen LogP contribution >= 0.6 is 0 Å². The molecular weight excluding hydrogens is 248 g/mol. The Bertz CT molecular complexity index is 496. The predicted octanol–water partition coefficient (Wildman–Crippen LogP) is 2.17. The minimum absolute atomic E-state index is 0.173. The van der Waals surface area contributed by atoms with Gasteiger partial charge in [-0.25, -0.2) is 0 Å². The lowest BCUT2D eigenvalue weighted by Gasteiger charge is -2.34. The van der Waals surface area contributed by atoms with E-state index in [1.807, 2.05) is 0 Å². The Hall–Kier alpha value is -1.35. The lowest BCUT2D eigenvalue weighted by Crippen LogP contribution is -2.50. The van der Waals surface area contributed by atoms with Gasteiger partial charge in [-0.2, -0.15) is 0 Å². The molecule has 3 heteroatoms. The molecule has 3 rings (SSSR count). The van der Waals surface area contributed by atoms with Crippen LogP contribution in [0, 0.1) is 18.8 Å². The van der Waals surface area contributed by atoms with Crippen molar-refractivity contribution >= 4 is 5.91 Å². The van der Waals surface area contributed by atoms with Gasteiger partial charge in [0.05, 0.1) is 0 Å². The van der Waals surface area contributed by atoms with Crippen molar-refractivity contribution in [3.05, 3.63) is 35.4 Å². The second-order valence-corrected chi connectivity index (χ2v) is 6.33. The Balaban J connectivity index is 1.64. The fraction of sp³-hybridized carbons (Fsp3) is 0.588. The first-order valence-electron chi connectivity index (χ1n) is 7.72. The Kier molecular flexibility index (Phi) is 3.79. The molecule has 0 spiro atoms. The summed E-state index contributed by atoms with van der Waals surface area (Å²) in [6.45, 7) is 8.08. The number of hydrogen-bond donors (Lipinski definition) is 1. The van der Waals surface area contributed by atoms with Crippen molar-refractivity contribution < 1.29 is 4.79 Å². The Morgan fingerprint density at radius 1 is 1.35 bits per heavy atom.